The maximum Gasteiger partial charge on any atom is 0.418 e. The molecule has 1 amide bonds. The first-order valence-corrected chi connectivity index (χ1v) is 10.2. The quantitative estimate of drug-likeness (QED) is 0.759. The highest BCUT2D eigenvalue weighted by atomic mass is 19.1. The second kappa shape index (κ2) is 7.96. The van der Waals surface area contributed by atoms with Gasteiger partial charge < -0.3 is 14.6 Å². The summed E-state index contributed by atoms with van der Waals surface area (Å²) in [6.45, 7) is 10.6. The summed E-state index contributed by atoms with van der Waals surface area (Å²) >= 11 is 0. The average molecular weight is 429 g/mol. The molecule has 2 unspecified atom stereocenters. The third-order valence-electron chi connectivity index (χ3n) is 4.78. The van der Waals surface area contributed by atoms with E-state index in [1.54, 1.807) is 46.8 Å². The van der Waals surface area contributed by atoms with Gasteiger partial charge in [0.05, 0.1) is 17.4 Å². The Bertz CT molecular complexity index is 984. The molecule has 0 radical (unpaired) electrons. The predicted molar refractivity (Wildman–Crippen MR) is 114 cm³/mol. The number of benzene rings is 1. The van der Waals surface area contributed by atoms with Gasteiger partial charge in [-0.15, -0.1) is 0 Å². The number of ketones is 1. The number of aliphatic hydroxyl groups is 1. The number of ether oxygens (including phenoxy) is 2. The number of hydrogen-bond donors (Lipinski definition) is 1. The molecule has 0 spiro atoms. The fourth-order valence-corrected chi connectivity index (χ4v) is 3.45. The summed E-state index contributed by atoms with van der Waals surface area (Å²) in [6.07, 6.45) is 3.81. The third-order valence-corrected chi connectivity index (χ3v) is 4.78. The maximum atomic E-state index is 13.4. The predicted octanol–water partition coefficient (Wildman–Crippen LogP) is 4.56. The maximum absolute atomic E-state index is 13.4. The number of hydrogen-bond acceptors (Lipinski definition) is 5. The fraction of sp³-hybridized carbons (Fsp3) is 0.417. The molecule has 0 aromatic heterocycles. The zero-order valence-corrected chi connectivity index (χ0v) is 18.6. The van der Waals surface area contributed by atoms with Crippen molar-refractivity contribution in [2.24, 2.45) is 5.92 Å². The van der Waals surface area contributed by atoms with Crippen molar-refractivity contribution in [3.05, 3.63) is 65.5 Å². The number of nitrogens with zero attached hydrogens (tertiary/aromatic N) is 1. The molecular weight excluding hydrogens is 401 g/mol. The molecular formula is C24H28FNO5. The van der Waals surface area contributed by atoms with E-state index >= 15 is 0 Å². The molecule has 2 atom stereocenters. The molecule has 1 aliphatic heterocycles. The van der Waals surface area contributed by atoms with E-state index in [0.717, 1.165) is 4.90 Å². The van der Waals surface area contributed by atoms with Crippen LogP contribution in [0.25, 0.3) is 5.57 Å². The molecule has 31 heavy (non-hydrogen) atoms. The number of allylic oxidation sites excluding steroid dienone is 2. The molecule has 3 rings (SSSR count). The first-order valence-electron chi connectivity index (χ1n) is 10.2. The Morgan fingerprint density at radius 1 is 1.23 bits per heavy atom. The van der Waals surface area contributed by atoms with Crippen LogP contribution in [0.3, 0.4) is 0 Å². The summed E-state index contributed by atoms with van der Waals surface area (Å²) in [5.41, 5.74) is -2.29. The normalized spacial score (nSPS) is 23.6. The van der Waals surface area contributed by atoms with E-state index in [-0.39, 0.29) is 29.1 Å². The number of carbonyl (C=O) groups excluding carboxylic acids is 2. The standard InChI is InChI=1S/C24H28FNO5/c1-14(2)30-21-19(16-7-9-17(25)10-8-16)20(27)24(21,29)18-13-15(3)11-12-26(18)22(28)31-23(4,5)6/h7-15,29H,1-6H3. The van der Waals surface area contributed by atoms with Crippen molar-refractivity contribution in [3.63, 3.8) is 0 Å². The summed E-state index contributed by atoms with van der Waals surface area (Å²) in [6, 6.07) is 5.37. The highest BCUT2D eigenvalue weighted by Crippen LogP contribution is 2.48. The summed E-state index contributed by atoms with van der Waals surface area (Å²) in [5, 5.41) is 11.6. The van der Waals surface area contributed by atoms with Gasteiger partial charge in [-0.3, -0.25) is 9.69 Å². The van der Waals surface area contributed by atoms with E-state index in [1.807, 2.05) is 6.92 Å². The van der Waals surface area contributed by atoms with Crippen molar-refractivity contribution in [1.29, 1.82) is 0 Å². The smallest absolute Gasteiger partial charge is 0.418 e. The van der Waals surface area contributed by atoms with Gasteiger partial charge in [0, 0.05) is 6.20 Å². The van der Waals surface area contributed by atoms with Gasteiger partial charge >= 0.3 is 6.09 Å². The molecule has 1 aromatic rings. The molecule has 1 aromatic carbocycles. The van der Waals surface area contributed by atoms with Gasteiger partial charge in [-0.2, -0.15) is 0 Å². The molecule has 0 fully saturated rings. The lowest BCUT2D eigenvalue weighted by atomic mass is 9.71. The monoisotopic (exact) mass is 429 g/mol. The number of Topliss-reactive ketones (excluding diaryl/α,β-unsaturated/α-hetero) is 1. The first-order chi connectivity index (χ1) is 14.3. The van der Waals surface area contributed by atoms with Crippen LogP contribution in [0, 0.1) is 11.7 Å². The number of halogens is 1. The first kappa shape index (κ1) is 22.7. The molecule has 1 N–H and O–H groups in total. The Labute approximate surface area is 181 Å². The lowest BCUT2D eigenvalue weighted by Gasteiger charge is -2.44. The molecule has 0 bridgehead atoms. The zero-order valence-electron chi connectivity index (χ0n) is 18.6. The Balaban J connectivity index is 2.10. The Kier molecular flexibility index (Phi) is 5.84. The highest BCUT2D eigenvalue weighted by Gasteiger charge is 2.60. The van der Waals surface area contributed by atoms with Crippen LogP contribution in [0.2, 0.25) is 0 Å². The third kappa shape index (κ3) is 4.28. The minimum Gasteiger partial charge on any atom is -0.491 e. The van der Waals surface area contributed by atoms with Gasteiger partial charge in [0.15, 0.2) is 5.76 Å². The molecule has 1 aliphatic carbocycles. The summed E-state index contributed by atoms with van der Waals surface area (Å²) < 4.78 is 24.7. The van der Waals surface area contributed by atoms with Gasteiger partial charge in [0.1, 0.15) is 11.4 Å². The van der Waals surface area contributed by atoms with Crippen molar-refractivity contribution in [1.82, 2.24) is 4.90 Å². The van der Waals surface area contributed by atoms with Gasteiger partial charge in [0.2, 0.25) is 11.4 Å². The largest absolute Gasteiger partial charge is 0.491 e. The van der Waals surface area contributed by atoms with E-state index in [2.05, 4.69) is 0 Å². The molecule has 0 saturated heterocycles. The zero-order chi connectivity index (χ0) is 23.1. The van der Waals surface area contributed by atoms with E-state index < -0.39 is 28.9 Å². The van der Waals surface area contributed by atoms with E-state index in [4.69, 9.17) is 9.47 Å². The van der Waals surface area contributed by atoms with E-state index in [0.29, 0.717) is 5.56 Å². The van der Waals surface area contributed by atoms with Crippen LogP contribution in [0.5, 0.6) is 0 Å². The highest BCUT2D eigenvalue weighted by molar-refractivity contribution is 6.35. The van der Waals surface area contributed by atoms with Crippen LogP contribution >= 0.6 is 0 Å². The van der Waals surface area contributed by atoms with E-state index in [9.17, 15) is 19.1 Å². The van der Waals surface area contributed by atoms with Crippen molar-refractivity contribution < 1.29 is 28.6 Å². The lowest BCUT2D eigenvalue weighted by molar-refractivity contribution is -0.134. The molecule has 7 heteroatoms. The Morgan fingerprint density at radius 2 is 1.84 bits per heavy atom. The molecule has 6 nitrogen and oxygen atoms in total. The van der Waals surface area contributed by atoms with Crippen LogP contribution in [0.15, 0.2) is 54.1 Å². The van der Waals surface area contributed by atoms with Crippen molar-refractivity contribution in [2.75, 3.05) is 0 Å². The minimum atomic E-state index is -2.16. The summed E-state index contributed by atoms with van der Waals surface area (Å²) in [5.74, 6) is -1.18. The topological polar surface area (TPSA) is 76.1 Å². The molecule has 0 saturated carbocycles. The minimum absolute atomic E-state index is 0.0291. The Morgan fingerprint density at radius 3 is 2.39 bits per heavy atom. The number of carbonyl (C=O) groups is 2. The van der Waals surface area contributed by atoms with E-state index in [1.165, 1.54) is 30.5 Å². The summed E-state index contributed by atoms with van der Waals surface area (Å²) in [4.78, 5) is 27.3. The Hall–Kier alpha value is -2.93. The fourth-order valence-electron chi connectivity index (χ4n) is 3.45. The van der Waals surface area contributed by atoms with Gasteiger partial charge in [-0.1, -0.05) is 31.2 Å². The van der Waals surface area contributed by atoms with Gasteiger partial charge in [-0.05, 0) is 58.2 Å². The average Bonchev–Trinajstić information content (AvgIpc) is 2.66. The van der Waals surface area contributed by atoms with Crippen LogP contribution in [0.1, 0.15) is 47.1 Å². The van der Waals surface area contributed by atoms with Gasteiger partial charge in [-0.25, -0.2) is 9.18 Å². The summed E-state index contributed by atoms with van der Waals surface area (Å²) in [7, 11) is 0. The van der Waals surface area contributed by atoms with Crippen LogP contribution in [-0.2, 0) is 14.3 Å². The van der Waals surface area contributed by atoms with Crippen LogP contribution in [0.4, 0.5) is 9.18 Å². The molecule has 1 heterocycles. The number of amides is 1. The second-order valence-electron chi connectivity index (χ2n) is 9.02. The SMILES string of the molecule is CC1C=CN(C(=O)OC(C)(C)C)C(C2(O)C(=O)C(c3ccc(F)cc3)=C2OC(C)C)=C1. The molecule has 166 valence electrons. The van der Waals surface area contributed by atoms with Gasteiger partial charge in [0.25, 0.3) is 0 Å². The van der Waals surface area contributed by atoms with Crippen molar-refractivity contribution >= 4 is 17.4 Å². The molecule has 2 aliphatic rings. The second-order valence-corrected chi connectivity index (χ2v) is 9.02. The van der Waals surface area contributed by atoms with Crippen molar-refractivity contribution in [3.8, 4) is 0 Å². The van der Waals surface area contributed by atoms with Crippen LogP contribution in [-0.4, -0.2) is 39.2 Å². The van der Waals surface area contributed by atoms with Crippen molar-refractivity contribution in [2.45, 2.75) is 58.8 Å². The number of rotatable bonds is 4. The lowest BCUT2D eigenvalue weighted by Crippen LogP contribution is -2.57. The van der Waals surface area contributed by atoms with Crippen LogP contribution < -0.4 is 0 Å².